The van der Waals surface area contributed by atoms with E-state index >= 15 is 0 Å². The van der Waals surface area contributed by atoms with Crippen molar-refractivity contribution in [3.63, 3.8) is 0 Å². The molecule has 1 aromatic carbocycles. The van der Waals surface area contributed by atoms with Crippen LogP contribution in [-0.2, 0) is 22.4 Å². The summed E-state index contributed by atoms with van der Waals surface area (Å²) in [6.07, 6.45) is 6.80. The summed E-state index contributed by atoms with van der Waals surface area (Å²) in [5, 5.41) is 7.65. The Hall–Kier alpha value is -2.67. The Balaban J connectivity index is 1.17. The minimum absolute atomic E-state index is 0.0800. The van der Waals surface area contributed by atoms with E-state index in [2.05, 4.69) is 28.4 Å². The molecule has 2 aliphatic carbocycles. The van der Waals surface area contributed by atoms with Crippen LogP contribution in [0.3, 0.4) is 0 Å². The van der Waals surface area contributed by atoms with E-state index in [1.807, 2.05) is 15.9 Å². The summed E-state index contributed by atoms with van der Waals surface area (Å²) in [7, 11) is 0. The van der Waals surface area contributed by atoms with Crippen LogP contribution in [0.2, 0.25) is 0 Å². The number of nitrogens with zero attached hydrogens (tertiary/aromatic N) is 3. The van der Waals surface area contributed by atoms with Crippen molar-refractivity contribution in [3.05, 3.63) is 41.1 Å². The highest BCUT2D eigenvalue weighted by Crippen LogP contribution is 2.53. The van der Waals surface area contributed by atoms with Gasteiger partial charge >= 0.3 is 0 Å². The topological polar surface area (TPSA) is 78.5 Å². The second-order valence-electron chi connectivity index (χ2n) is 10.2. The van der Waals surface area contributed by atoms with Crippen molar-refractivity contribution in [1.29, 1.82) is 0 Å². The summed E-state index contributed by atoms with van der Waals surface area (Å²) in [6.45, 7) is 4.24. The van der Waals surface area contributed by atoms with Crippen LogP contribution in [0.15, 0.2) is 24.3 Å². The highest BCUT2D eigenvalue weighted by Gasteiger charge is 2.51. The number of carbonyl (C=O) groups is 2. The van der Waals surface area contributed by atoms with E-state index in [1.165, 1.54) is 24.8 Å². The molecule has 3 fully saturated rings. The molecule has 1 saturated carbocycles. The Labute approximate surface area is 194 Å². The van der Waals surface area contributed by atoms with Gasteiger partial charge in [0.25, 0.3) is 5.91 Å². The Kier molecular flexibility index (Phi) is 5.24. The van der Waals surface area contributed by atoms with Crippen LogP contribution in [0.4, 0.5) is 0 Å². The maximum absolute atomic E-state index is 13.6. The summed E-state index contributed by atoms with van der Waals surface area (Å²) in [5.74, 6) is 0.718. The fourth-order valence-electron chi connectivity index (χ4n) is 6.45. The normalized spacial score (nSPS) is 23.2. The van der Waals surface area contributed by atoms with E-state index in [9.17, 15) is 9.59 Å². The second-order valence-corrected chi connectivity index (χ2v) is 10.2. The lowest BCUT2D eigenvalue weighted by molar-refractivity contribution is -0.135. The number of hydrogen-bond donors (Lipinski definition) is 1. The molecular formula is C26H32N4O3. The first kappa shape index (κ1) is 20.9. The zero-order valence-electron chi connectivity index (χ0n) is 19.1. The molecule has 1 aromatic heterocycles. The van der Waals surface area contributed by atoms with Crippen molar-refractivity contribution >= 4 is 11.8 Å². The fourth-order valence-corrected chi connectivity index (χ4v) is 6.45. The first-order chi connectivity index (χ1) is 16.1. The van der Waals surface area contributed by atoms with Gasteiger partial charge in [0, 0.05) is 43.7 Å². The molecule has 4 aliphatic rings. The predicted octanol–water partition coefficient (Wildman–Crippen LogP) is 3.06. The van der Waals surface area contributed by atoms with Gasteiger partial charge in [-0.1, -0.05) is 30.7 Å². The van der Waals surface area contributed by atoms with Gasteiger partial charge in [-0.15, -0.1) is 0 Å². The average Bonchev–Trinajstić information content (AvgIpc) is 3.45. The largest absolute Gasteiger partial charge is 0.378 e. The Morgan fingerprint density at radius 1 is 1.12 bits per heavy atom. The molecule has 174 valence electrons. The summed E-state index contributed by atoms with van der Waals surface area (Å²) < 4.78 is 5.38. The molecule has 6 rings (SSSR count). The van der Waals surface area contributed by atoms with Crippen LogP contribution in [-0.4, -0.2) is 71.2 Å². The highest BCUT2D eigenvalue weighted by molar-refractivity contribution is 5.96. The van der Waals surface area contributed by atoms with Gasteiger partial charge in [0.15, 0.2) is 0 Å². The number of nitrogens with one attached hydrogen (secondary N) is 1. The lowest BCUT2D eigenvalue weighted by Crippen LogP contribution is -2.42. The molecule has 7 nitrogen and oxygen atoms in total. The number of aromatic amines is 1. The molecule has 7 heteroatoms. The quantitative estimate of drug-likeness (QED) is 0.780. The number of aromatic nitrogens is 2. The van der Waals surface area contributed by atoms with Gasteiger partial charge in [-0.05, 0) is 49.0 Å². The number of hydrogen-bond acceptors (Lipinski definition) is 4. The second kappa shape index (κ2) is 8.28. The van der Waals surface area contributed by atoms with E-state index in [4.69, 9.17) is 4.74 Å². The van der Waals surface area contributed by atoms with Gasteiger partial charge in [0.1, 0.15) is 5.69 Å². The molecular weight excluding hydrogens is 416 g/mol. The molecule has 0 radical (unpaired) electrons. The van der Waals surface area contributed by atoms with E-state index in [-0.39, 0.29) is 17.2 Å². The molecule has 1 N–H and O–H groups in total. The molecule has 33 heavy (non-hydrogen) atoms. The Morgan fingerprint density at radius 3 is 2.73 bits per heavy atom. The summed E-state index contributed by atoms with van der Waals surface area (Å²) >= 11 is 0. The van der Waals surface area contributed by atoms with Gasteiger partial charge in [0.05, 0.1) is 18.9 Å². The van der Waals surface area contributed by atoms with Crippen LogP contribution in [0.5, 0.6) is 0 Å². The average molecular weight is 449 g/mol. The smallest absolute Gasteiger partial charge is 0.272 e. The number of aryl methyl sites for hydroxylation is 1. The van der Waals surface area contributed by atoms with Gasteiger partial charge in [-0.3, -0.25) is 14.7 Å². The maximum Gasteiger partial charge on any atom is 0.272 e. The Morgan fingerprint density at radius 2 is 1.94 bits per heavy atom. The molecule has 3 heterocycles. The first-order valence-corrected chi connectivity index (χ1v) is 12.4. The van der Waals surface area contributed by atoms with Crippen LogP contribution in [0.1, 0.15) is 53.7 Å². The van der Waals surface area contributed by atoms with Gasteiger partial charge < -0.3 is 14.5 Å². The van der Waals surface area contributed by atoms with Gasteiger partial charge in [-0.2, -0.15) is 5.10 Å². The number of rotatable bonds is 4. The zero-order chi connectivity index (χ0) is 22.4. The molecule has 0 bridgehead atoms. The van der Waals surface area contributed by atoms with Crippen molar-refractivity contribution in [2.45, 2.75) is 44.9 Å². The molecule has 2 saturated heterocycles. The van der Waals surface area contributed by atoms with Crippen LogP contribution >= 0.6 is 0 Å². The van der Waals surface area contributed by atoms with Crippen LogP contribution < -0.4 is 0 Å². The zero-order valence-corrected chi connectivity index (χ0v) is 19.1. The number of ether oxygens (including phenoxy) is 1. The number of amides is 2. The van der Waals surface area contributed by atoms with Gasteiger partial charge in [0.2, 0.25) is 5.91 Å². The minimum Gasteiger partial charge on any atom is -0.378 e. The standard InChI is InChI=1S/C26H32N4O3/c31-22(29-12-14-33-15-13-29)9-7-19-16-30(17-26(19)10-3-11-26)25(32)24-21-8-6-18-4-1-2-5-20(18)23(21)27-28-24/h1-2,4-5,19H,3,6-17H2,(H,27,28). The van der Waals surface area contributed by atoms with Crippen LogP contribution in [0.25, 0.3) is 11.3 Å². The maximum atomic E-state index is 13.6. The van der Waals surface area contributed by atoms with E-state index < -0.39 is 0 Å². The lowest BCUT2D eigenvalue weighted by atomic mass is 9.62. The number of H-pyrrole nitrogens is 1. The fraction of sp³-hybridized carbons (Fsp3) is 0.577. The predicted molar refractivity (Wildman–Crippen MR) is 124 cm³/mol. The molecule has 2 aromatic rings. The van der Waals surface area contributed by atoms with Crippen LogP contribution in [0, 0.1) is 11.3 Å². The van der Waals surface area contributed by atoms with E-state index in [1.54, 1.807) is 0 Å². The van der Waals surface area contributed by atoms with Gasteiger partial charge in [-0.25, -0.2) is 0 Å². The number of likely N-dealkylation sites (tertiary alicyclic amines) is 1. The van der Waals surface area contributed by atoms with Crippen molar-refractivity contribution in [2.24, 2.45) is 11.3 Å². The third kappa shape index (κ3) is 3.57. The highest BCUT2D eigenvalue weighted by atomic mass is 16.5. The summed E-state index contributed by atoms with van der Waals surface area (Å²) in [5.41, 5.74) is 5.31. The van der Waals surface area contributed by atoms with Crippen molar-refractivity contribution in [2.75, 3.05) is 39.4 Å². The minimum atomic E-state index is 0.0800. The third-order valence-corrected chi connectivity index (χ3v) is 8.52. The van der Waals surface area contributed by atoms with Crippen molar-refractivity contribution < 1.29 is 14.3 Å². The van der Waals surface area contributed by atoms with E-state index in [0.717, 1.165) is 49.2 Å². The molecule has 1 unspecified atom stereocenters. The number of fused-ring (bicyclic) bond motifs is 3. The first-order valence-electron chi connectivity index (χ1n) is 12.4. The molecule has 2 amide bonds. The third-order valence-electron chi connectivity index (χ3n) is 8.52. The number of carbonyl (C=O) groups excluding carboxylic acids is 2. The van der Waals surface area contributed by atoms with Crippen molar-refractivity contribution in [1.82, 2.24) is 20.0 Å². The molecule has 1 atom stereocenters. The van der Waals surface area contributed by atoms with Crippen molar-refractivity contribution in [3.8, 4) is 11.3 Å². The molecule has 2 aliphatic heterocycles. The summed E-state index contributed by atoms with van der Waals surface area (Å²) in [4.78, 5) is 30.3. The number of morpholine rings is 1. The number of benzene rings is 1. The summed E-state index contributed by atoms with van der Waals surface area (Å²) in [6, 6.07) is 8.35. The Bertz CT molecular complexity index is 1070. The van der Waals surface area contributed by atoms with E-state index in [0.29, 0.717) is 44.3 Å². The molecule has 1 spiro atoms. The SMILES string of the molecule is O=C(CCC1CN(C(=O)c2[nH]nc3c2CCc2ccccc2-3)CC12CCC2)N1CCOCC1. The monoisotopic (exact) mass is 448 g/mol. The lowest BCUT2D eigenvalue weighted by Gasteiger charge is -2.43.